The molecule has 4 rings (SSSR count). The van der Waals surface area contributed by atoms with Crippen molar-refractivity contribution in [2.24, 2.45) is 0 Å². The Morgan fingerprint density at radius 1 is 1.31 bits per heavy atom. The monoisotopic (exact) mass is 437 g/mol. The van der Waals surface area contributed by atoms with E-state index in [-0.39, 0.29) is 0 Å². The van der Waals surface area contributed by atoms with Gasteiger partial charge in [-0.25, -0.2) is 9.18 Å². The van der Waals surface area contributed by atoms with Gasteiger partial charge < -0.3 is 19.4 Å². The maximum absolute atomic E-state index is 14.7. The van der Waals surface area contributed by atoms with E-state index in [0.29, 0.717) is 54.0 Å². The van der Waals surface area contributed by atoms with Crippen molar-refractivity contribution in [3.05, 3.63) is 48.2 Å². The molecule has 1 aromatic carbocycles. The summed E-state index contributed by atoms with van der Waals surface area (Å²) in [6.07, 6.45) is 2.13. The van der Waals surface area contributed by atoms with Crippen LogP contribution in [0.5, 0.6) is 0 Å². The Labute approximate surface area is 175 Å². The largest absolute Gasteiger partial charge is 0.472 e. The van der Waals surface area contributed by atoms with Crippen molar-refractivity contribution in [2.45, 2.75) is 6.10 Å². The number of carbonyl (C=O) groups excluding carboxylic acids is 1. The number of halogens is 1. The molecule has 3 heterocycles. The summed E-state index contributed by atoms with van der Waals surface area (Å²) in [7, 11) is -0.826. The molecular weight excluding hydrogens is 417 g/mol. The number of thiocarbonyl (C=S) groups is 1. The zero-order valence-electron chi connectivity index (χ0n) is 15.5. The van der Waals surface area contributed by atoms with E-state index in [9.17, 15) is 13.4 Å². The molecule has 0 saturated carbocycles. The third kappa shape index (κ3) is 4.43. The Hall–Kier alpha value is -2.46. The molecule has 2 aromatic rings. The van der Waals surface area contributed by atoms with Gasteiger partial charge in [-0.1, -0.05) is 12.2 Å². The molecule has 2 fully saturated rings. The lowest BCUT2D eigenvalue weighted by atomic mass is 10.2. The molecule has 2 saturated heterocycles. The van der Waals surface area contributed by atoms with Gasteiger partial charge >= 0.3 is 6.09 Å². The standard InChI is InChI=1S/C19H20FN3O4S2/c20-16-9-14(1-2-17(16)22-4-7-29(25)8-5-22)23-11-15(27-19(23)24)10-21-18(28)13-3-6-26-12-13/h1-3,6,9,12,15H,4-5,7-8,10-11H2,(H,21,28)/t15-/m0/s1. The van der Waals surface area contributed by atoms with E-state index < -0.39 is 28.8 Å². The van der Waals surface area contributed by atoms with Gasteiger partial charge in [0.15, 0.2) is 0 Å². The summed E-state index contributed by atoms with van der Waals surface area (Å²) in [6.45, 7) is 1.75. The van der Waals surface area contributed by atoms with Gasteiger partial charge in [-0.05, 0) is 24.3 Å². The van der Waals surface area contributed by atoms with Crippen molar-refractivity contribution in [1.29, 1.82) is 0 Å². The topological polar surface area (TPSA) is 75.0 Å². The summed E-state index contributed by atoms with van der Waals surface area (Å²) in [4.78, 5) is 16.0. The second-order valence-electron chi connectivity index (χ2n) is 6.81. The summed E-state index contributed by atoms with van der Waals surface area (Å²) in [6, 6.07) is 6.45. The second kappa shape index (κ2) is 8.50. The van der Waals surface area contributed by atoms with E-state index in [2.05, 4.69) is 5.32 Å². The van der Waals surface area contributed by atoms with Crippen LogP contribution in [-0.4, -0.2) is 59.1 Å². The first-order chi connectivity index (χ1) is 14.0. The molecule has 7 nitrogen and oxygen atoms in total. The number of amides is 1. The normalized spacial score (nSPS) is 20.0. The van der Waals surface area contributed by atoms with Crippen LogP contribution >= 0.6 is 12.2 Å². The molecule has 0 bridgehead atoms. The Morgan fingerprint density at radius 3 is 2.79 bits per heavy atom. The van der Waals surface area contributed by atoms with Crippen LogP contribution in [0.4, 0.5) is 20.6 Å². The Kier molecular flexibility index (Phi) is 5.81. The molecule has 1 aromatic heterocycles. The fourth-order valence-corrected chi connectivity index (χ4v) is 4.59. The Bertz CT molecular complexity index is 928. The number of hydrogen-bond donors (Lipinski definition) is 1. The number of nitrogens with zero attached hydrogens (tertiary/aromatic N) is 2. The highest BCUT2D eigenvalue weighted by atomic mass is 32.2. The van der Waals surface area contributed by atoms with Gasteiger partial charge in [0.25, 0.3) is 0 Å². The maximum Gasteiger partial charge on any atom is 0.414 e. The van der Waals surface area contributed by atoms with Crippen LogP contribution in [0, 0.1) is 5.82 Å². The molecule has 2 aliphatic heterocycles. The van der Waals surface area contributed by atoms with E-state index in [0.717, 1.165) is 5.56 Å². The minimum Gasteiger partial charge on any atom is -0.472 e. The Balaban J connectivity index is 1.38. The number of nitrogens with one attached hydrogen (secondary N) is 1. The van der Waals surface area contributed by atoms with E-state index in [1.54, 1.807) is 18.2 Å². The van der Waals surface area contributed by atoms with Crippen molar-refractivity contribution >= 4 is 45.5 Å². The van der Waals surface area contributed by atoms with Gasteiger partial charge in [0.2, 0.25) is 0 Å². The van der Waals surface area contributed by atoms with E-state index in [4.69, 9.17) is 21.4 Å². The zero-order chi connectivity index (χ0) is 20.4. The fraction of sp³-hybridized carbons (Fsp3) is 0.368. The van der Waals surface area contributed by atoms with Crippen LogP contribution in [0.15, 0.2) is 41.2 Å². The number of cyclic esters (lactones) is 1. The predicted molar refractivity (Wildman–Crippen MR) is 113 cm³/mol. The summed E-state index contributed by atoms with van der Waals surface area (Å²) < 4.78 is 36.5. The predicted octanol–water partition coefficient (Wildman–Crippen LogP) is 2.28. The molecule has 1 atom stereocenters. The summed E-state index contributed by atoms with van der Waals surface area (Å²) in [5, 5.41) is 3.05. The van der Waals surface area contributed by atoms with Gasteiger partial charge in [0.05, 0.1) is 30.7 Å². The first-order valence-corrected chi connectivity index (χ1v) is 11.1. The van der Waals surface area contributed by atoms with Crippen molar-refractivity contribution in [2.75, 3.05) is 47.5 Å². The van der Waals surface area contributed by atoms with Crippen LogP contribution in [-0.2, 0) is 15.5 Å². The van der Waals surface area contributed by atoms with E-state index in [1.165, 1.54) is 23.5 Å². The number of hydrogen-bond acceptors (Lipinski definition) is 6. The minimum absolute atomic E-state index is 0.293. The summed E-state index contributed by atoms with van der Waals surface area (Å²) >= 11 is 5.26. The average molecular weight is 438 g/mol. The molecule has 1 amide bonds. The third-order valence-corrected chi connectivity index (χ3v) is 6.56. The van der Waals surface area contributed by atoms with Gasteiger partial charge in [-0.2, -0.15) is 0 Å². The number of rotatable bonds is 5. The SMILES string of the molecule is O=C1O[C@@H](CNC(=S)c2ccoc2)CN1c1ccc(N2CCS(=O)CC2)c(F)c1. The van der Waals surface area contributed by atoms with Crippen LogP contribution < -0.4 is 15.1 Å². The van der Waals surface area contributed by atoms with Crippen LogP contribution in [0.3, 0.4) is 0 Å². The quantitative estimate of drug-likeness (QED) is 0.720. The average Bonchev–Trinajstić information content (AvgIpc) is 3.37. The summed E-state index contributed by atoms with van der Waals surface area (Å²) in [5.41, 5.74) is 1.65. The molecule has 10 heteroatoms. The van der Waals surface area contributed by atoms with Crippen LogP contribution in [0.1, 0.15) is 5.56 Å². The highest BCUT2D eigenvalue weighted by Gasteiger charge is 2.33. The maximum atomic E-state index is 14.7. The number of anilines is 2. The lowest BCUT2D eigenvalue weighted by Crippen LogP contribution is -2.38. The molecule has 0 unspecified atom stereocenters. The number of furan rings is 1. The van der Waals surface area contributed by atoms with Gasteiger partial charge in [0, 0.05) is 41.0 Å². The van der Waals surface area contributed by atoms with Gasteiger partial charge in [-0.15, -0.1) is 0 Å². The first kappa shape index (κ1) is 19.8. The molecule has 0 spiro atoms. The molecule has 0 aliphatic carbocycles. The lowest BCUT2D eigenvalue weighted by molar-refractivity contribution is 0.143. The number of carbonyl (C=O) groups is 1. The summed E-state index contributed by atoms with van der Waals surface area (Å²) in [5.74, 6) is 0.662. The molecular formula is C19H20FN3O4S2. The van der Waals surface area contributed by atoms with Gasteiger partial charge in [-0.3, -0.25) is 9.11 Å². The van der Waals surface area contributed by atoms with Crippen molar-refractivity contribution in [3.8, 4) is 0 Å². The highest BCUT2D eigenvalue weighted by Crippen LogP contribution is 2.28. The number of ether oxygens (including phenoxy) is 1. The van der Waals surface area contributed by atoms with Gasteiger partial charge in [0.1, 0.15) is 23.2 Å². The second-order valence-corrected chi connectivity index (χ2v) is 8.91. The molecule has 0 radical (unpaired) electrons. The Morgan fingerprint density at radius 2 is 2.10 bits per heavy atom. The lowest BCUT2D eigenvalue weighted by Gasteiger charge is -2.29. The molecule has 29 heavy (non-hydrogen) atoms. The van der Waals surface area contributed by atoms with Crippen molar-refractivity contribution < 1.29 is 22.5 Å². The van der Waals surface area contributed by atoms with Crippen molar-refractivity contribution in [1.82, 2.24) is 5.32 Å². The molecule has 1 N–H and O–H groups in total. The first-order valence-electron chi connectivity index (χ1n) is 9.19. The van der Waals surface area contributed by atoms with Crippen LogP contribution in [0.2, 0.25) is 0 Å². The minimum atomic E-state index is -0.826. The number of benzene rings is 1. The third-order valence-electron chi connectivity index (χ3n) is 4.91. The molecule has 2 aliphatic rings. The fourth-order valence-electron chi connectivity index (χ4n) is 3.34. The van der Waals surface area contributed by atoms with Crippen molar-refractivity contribution in [3.63, 3.8) is 0 Å². The van der Waals surface area contributed by atoms with Crippen LogP contribution in [0.25, 0.3) is 0 Å². The smallest absolute Gasteiger partial charge is 0.414 e. The van der Waals surface area contributed by atoms with E-state index in [1.807, 2.05) is 4.90 Å². The zero-order valence-corrected chi connectivity index (χ0v) is 17.1. The molecule has 154 valence electrons. The van der Waals surface area contributed by atoms with E-state index >= 15 is 0 Å². The highest BCUT2D eigenvalue weighted by molar-refractivity contribution is 7.85.